The predicted octanol–water partition coefficient (Wildman–Crippen LogP) is 4.55. The lowest BCUT2D eigenvalue weighted by Crippen LogP contribution is -2.31. The Morgan fingerprint density at radius 2 is 1.79 bits per heavy atom. The Hall–Kier alpha value is -3.68. The monoisotopic (exact) mass is 449 g/mol. The molecule has 4 rings (SSSR count). The molecular weight excluding hydrogens is 421 g/mol. The van der Waals surface area contributed by atoms with Crippen LogP contribution in [0.5, 0.6) is 11.5 Å². The highest BCUT2D eigenvalue weighted by Crippen LogP contribution is 2.22. The zero-order valence-electron chi connectivity index (χ0n) is 18.7. The van der Waals surface area contributed by atoms with Crippen LogP contribution < -0.4 is 20.3 Å². The molecule has 172 valence electrons. The van der Waals surface area contributed by atoms with Gasteiger partial charge in [0, 0.05) is 43.5 Å². The second-order valence-electron chi connectivity index (χ2n) is 8.01. The molecule has 33 heavy (non-hydrogen) atoms. The molecule has 2 aromatic carbocycles. The van der Waals surface area contributed by atoms with Crippen LogP contribution in [0.1, 0.15) is 35.3 Å². The topological polar surface area (TPSA) is 79.4 Å². The van der Waals surface area contributed by atoms with E-state index in [1.54, 1.807) is 24.3 Å². The van der Waals surface area contributed by atoms with Crippen molar-refractivity contribution in [3.63, 3.8) is 0 Å². The van der Waals surface area contributed by atoms with Crippen molar-refractivity contribution in [2.75, 3.05) is 36.4 Å². The second kappa shape index (κ2) is 10.8. The van der Waals surface area contributed by atoms with Crippen LogP contribution in [0.25, 0.3) is 0 Å². The fraction of sp³-hybridized carbons (Fsp3) is 0.320. The Morgan fingerprint density at radius 1 is 1.00 bits per heavy atom. The highest BCUT2D eigenvalue weighted by molar-refractivity contribution is 5.94. The van der Waals surface area contributed by atoms with E-state index in [1.807, 2.05) is 13.0 Å². The van der Waals surface area contributed by atoms with E-state index >= 15 is 0 Å². The average molecular weight is 450 g/mol. The lowest BCUT2D eigenvalue weighted by Gasteiger charge is -2.28. The van der Waals surface area contributed by atoms with E-state index in [0.29, 0.717) is 36.1 Å². The molecule has 3 aromatic rings. The fourth-order valence-corrected chi connectivity index (χ4v) is 3.71. The minimum Gasteiger partial charge on any atom is -0.457 e. The van der Waals surface area contributed by atoms with Crippen LogP contribution in [-0.2, 0) is 0 Å². The van der Waals surface area contributed by atoms with E-state index in [1.165, 1.54) is 43.5 Å². The number of halogens is 1. The highest BCUT2D eigenvalue weighted by Gasteiger charge is 2.14. The number of carbonyl (C=O) groups is 1. The molecule has 8 heteroatoms. The number of carbonyl (C=O) groups excluding carboxylic acids is 1. The fourth-order valence-electron chi connectivity index (χ4n) is 3.71. The van der Waals surface area contributed by atoms with Gasteiger partial charge in [-0.25, -0.2) is 9.37 Å². The summed E-state index contributed by atoms with van der Waals surface area (Å²) in [6.07, 6.45) is 3.65. The van der Waals surface area contributed by atoms with Gasteiger partial charge < -0.3 is 20.3 Å². The van der Waals surface area contributed by atoms with Gasteiger partial charge in [-0.3, -0.25) is 4.79 Å². The van der Waals surface area contributed by atoms with E-state index in [9.17, 15) is 9.18 Å². The van der Waals surface area contributed by atoms with Crippen molar-refractivity contribution in [3.8, 4) is 11.5 Å². The molecule has 0 radical (unpaired) electrons. The maximum absolute atomic E-state index is 13.1. The maximum atomic E-state index is 13.1. The molecule has 1 fully saturated rings. The van der Waals surface area contributed by atoms with E-state index in [0.717, 1.165) is 24.6 Å². The lowest BCUT2D eigenvalue weighted by atomic mass is 10.1. The average Bonchev–Trinajstić information content (AvgIpc) is 2.83. The van der Waals surface area contributed by atoms with Crippen LogP contribution in [0.15, 0.2) is 54.6 Å². The normalized spacial score (nSPS) is 13.5. The number of rotatable bonds is 8. The molecule has 0 unspecified atom stereocenters. The molecule has 0 saturated carbocycles. The molecular formula is C25H28FN5O2. The third kappa shape index (κ3) is 6.41. The number of nitrogens with zero attached hydrogens (tertiary/aromatic N) is 3. The Labute approximate surface area is 193 Å². The number of nitrogens with one attached hydrogen (secondary N) is 2. The molecule has 0 spiro atoms. The zero-order valence-corrected chi connectivity index (χ0v) is 18.7. The van der Waals surface area contributed by atoms with Gasteiger partial charge in [0.1, 0.15) is 23.1 Å². The Morgan fingerprint density at radius 3 is 2.58 bits per heavy atom. The van der Waals surface area contributed by atoms with Crippen molar-refractivity contribution in [1.29, 1.82) is 0 Å². The van der Waals surface area contributed by atoms with E-state index in [-0.39, 0.29) is 11.7 Å². The van der Waals surface area contributed by atoms with Gasteiger partial charge in [0.25, 0.3) is 5.91 Å². The molecule has 0 aliphatic carbocycles. The molecule has 1 amide bonds. The van der Waals surface area contributed by atoms with Gasteiger partial charge in [-0.1, -0.05) is 6.07 Å². The largest absolute Gasteiger partial charge is 0.457 e. The molecule has 2 N–H and O–H groups in total. The van der Waals surface area contributed by atoms with Gasteiger partial charge in [-0.2, -0.15) is 4.98 Å². The Bertz CT molecular complexity index is 1080. The number of hydrogen-bond donors (Lipinski definition) is 2. The standard InChI is InChI=1S/C25H28FN5O2/c1-18-16-23(31-14-3-2-4-15-31)30-25(29-18)28-13-12-27-24(32)19-6-5-7-22(17-19)33-21-10-8-20(26)9-11-21/h5-11,16-17H,2-4,12-15H2,1H3,(H,27,32)(H,28,29,30). The van der Waals surface area contributed by atoms with Gasteiger partial charge in [0.05, 0.1) is 0 Å². The predicted molar refractivity (Wildman–Crippen MR) is 127 cm³/mol. The summed E-state index contributed by atoms with van der Waals surface area (Å²) >= 11 is 0. The summed E-state index contributed by atoms with van der Waals surface area (Å²) in [7, 11) is 0. The van der Waals surface area contributed by atoms with Gasteiger partial charge in [-0.15, -0.1) is 0 Å². The molecule has 7 nitrogen and oxygen atoms in total. The molecule has 0 atom stereocenters. The van der Waals surface area contributed by atoms with Crippen molar-refractivity contribution in [2.24, 2.45) is 0 Å². The summed E-state index contributed by atoms with van der Waals surface area (Å²) < 4.78 is 18.8. The van der Waals surface area contributed by atoms with Crippen LogP contribution in [0, 0.1) is 12.7 Å². The maximum Gasteiger partial charge on any atom is 0.251 e. The third-order valence-corrected chi connectivity index (χ3v) is 5.36. The molecule has 1 saturated heterocycles. The quantitative estimate of drug-likeness (QED) is 0.491. The van der Waals surface area contributed by atoms with Gasteiger partial charge in [-0.05, 0) is 68.7 Å². The van der Waals surface area contributed by atoms with Crippen molar-refractivity contribution in [3.05, 3.63) is 71.7 Å². The van der Waals surface area contributed by atoms with Crippen molar-refractivity contribution < 1.29 is 13.9 Å². The minimum absolute atomic E-state index is 0.208. The Kier molecular flexibility index (Phi) is 7.34. The number of hydrogen-bond acceptors (Lipinski definition) is 6. The summed E-state index contributed by atoms with van der Waals surface area (Å²) in [4.78, 5) is 23.9. The number of ether oxygens (including phenoxy) is 1. The number of anilines is 2. The van der Waals surface area contributed by atoms with Crippen LogP contribution in [0.3, 0.4) is 0 Å². The third-order valence-electron chi connectivity index (χ3n) is 5.36. The van der Waals surface area contributed by atoms with Crippen molar-refractivity contribution in [1.82, 2.24) is 15.3 Å². The SMILES string of the molecule is Cc1cc(N2CCCCC2)nc(NCCNC(=O)c2cccc(Oc3ccc(F)cc3)c2)n1. The van der Waals surface area contributed by atoms with Crippen molar-refractivity contribution in [2.45, 2.75) is 26.2 Å². The van der Waals surface area contributed by atoms with Gasteiger partial charge in [0.15, 0.2) is 0 Å². The van der Waals surface area contributed by atoms with Crippen LogP contribution in [0.2, 0.25) is 0 Å². The van der Waals surface area contributed by atoms with Crippen LogP contribution in [-0.4, -0.2) is 42.1 Å². The molecule has 1 aromatic heterocycles. The summed E-state index contributed by atoms with van der Waals surface area (Å²) in [6.45, 7) is 4.92. The first kappa shape index (κ1) is 22.5. The molecule has 1 aliphatic rings. The number of aromatic nitrogens is 2. The summed E-state index contributed by atoms with van der Waals surface area (Å²) in [5, 5.41) is 6.09. The molecule has 2 heterocycles. The van der Waals surface area contributed by atoms with Gasteiger partial charge >= 0.3 is 0 Å². The lowest BCUT2D eigenvalue weighted by molar-refractivity contribution is 0.0955. The van der Waals surface area contributed by atoms with Crippen LogP contribution in [0.4, 0.5) is 16.2 Å². The van der Waals surface area contributed by atoms with E-state index in [4.69, 9.17) is 4.74 Å². The first-order valence-electron chi connectivity index (χ1n) is 11.2. The molecule has 0 bridgehead atoms. The van der Waals surface area contributed by atoms with Crippen LogP contribution >= 0.6 is 0 Å². The first-order chi connectivity index (χ1) is 16.1. The Balaban J connectivity index is 1.28. The number of piperidine rings is 1. The number of benzene rings is 2. The van der Waals surface area contributed by atoms with Gasteiger partial charge in [0.2, 0.25) is 5.95 Å². The molecule has 1 aliphatic heterocycles. The first-order valence-corrected chi connectivity index (χ1v) is 11.2. The number of amides is 1. The number of aryl methyl sites for hydroxylation is 1. The summed E-state index contributed by atoms with van der Waals surface area (Å²) in [5.41, 5.74) is 1.39. The van der Waals surface area contributed by atoms with E-state index in [2.05, 4.69) is 25.5 Å². The highest BCUT2D eigenvalue weighted by atomic mass is 19.1. The van der Waals surface area contributed by atoms with E-state index < -0.39 is 0 Å². The second-order valence-corrected chi connectivity index (χ2v) is 8.01. The smallest absolute Gasteiger partial charge is 0.251 e. The minimum atomic E-state index is -0.331. The summed E-state index contributed by atoms with van der Waals surface area (Å²) in [6, 6.07) is 14.6. The zero-order chi connectivity index (χ0) is 23.0. The van der Waals surface area contributed by atoms with Crippen molar-refractivity contribution >= 4 is 17.7 Å². The summed E-state index contributed by atoms with van der Waals surface area (Å²) in [5.74, 6) is 1.99.